The summed E-state index contributed by atoms with van der Waals surface area (Å²) in [7, 11) is 0. The van der Waals surface area contributed by atoms with Crippen molar-refractivity contribution < 1.29 is 19.1 Å². The van der Waals surface area contributed by atoms with Gasteiger partial charge in [0.15, 0.2) is 0 Å². The zero-order chi connectivity index (χ0) is 18.2. The van der Waals surface area contributed by atoms with Crippen molar-refractivity contribution in [1.29, 1.82) is 0 Å². The molecule has 1 aromatic heterocycles. The van der Waals surface area contributed by atoms with E-state index < -0.39 is 6.09 Å². The molecule has 0 aliphatic carbocycles. The van der Waals surface area contributed by atoms with Crippen molar-refractivity contribution in [2.24, 2.45) is 5.92 Å². The molecule has 2 aromatic rings. The SMILES string of the molecule is O=C(Nc1ccc(C(=O)NCC2CCOCC2)cn1)Oc1ccccc1. The van der Waals surface area contributed by atoms with Gasteiger partial charge >= 0.3 is 6.09 Å². The largest absolute Gasteiger partial charge is 0.418 e. The molecule has 1 aromatic carbocycles. The Morgan fingerprint density at radius 1 is 1.12 bits per heavy atom. The molecular weight excluding hydrogens is 334 g/mol. The molecule has 2 amide bonds. The van der Waals surface area contributed by atoms with E-state index in [9.17, 15) is 9.59 Å². The Balaban J connectivity index is 1.47. The number of nitrogens with zero attached hydrogens (tertiary/aromatic N) is 1. The highest BCUT2D eigenvalue weighted by atomic mass is 16.6. The minimum Gasteiger partial charge on any atom is -0.410 e. The molecule has 2 N–H and O–H groups in total. The summed E-state index contributed by atoms with van der Waals surface area (Å²) in [4.78, 5) is 28.1. The molecule has 0 unspecified atom stereocenters. The van der Waals surface area contributed by atoms with E-state index in [2.05, 4.69) is 15.6 Å². The van der Waals surface area contributed by atoms with Gasteiger partial charge in [0, 0.05) is 26.0 Å². The Hall–Kier alpha value is -2.93. The average Bonchev–Trinajstić information content (AvgIpc) is 2.68. The number of aromatic nitrogens is 1. The van der Waals surface area contributed by atoms with Gasteiger partial charge < -0.3 is 14.8 Å². The monoisotopic (exact) mass is 355 g/mol. The summed E-state index contributed by atoms with van der Waals surface area (Å²) in [5.41, 5.74) is 0.444. The Bertz CT molecular complexity index is 728. The fourth-order valence-electron chi connectivity index (χ4n) is 2.62. The highest BCUT2D eigenvalue weighted by Crippen LogP contribution is 2.14. The molecule has 2 heterocycles. The van der Waals surface area contributed by atoms with Crippen LogP contribution in [0.15, 0.2) is 48.7 Å². The topological polar surface area (TPSA) is 89.6 Å². The number of carbonyl (C=O) groups is 2. The highest BCUT2D eigenvalue weighted by molar-refractivity contribution is 5.94. The normalized spacial score (nSPS) is 14.5. The van der Waals surface area contributed by atoms with Crippen LogP contribution >= 0.6 is 0 Å². The second-order valence-electron chi connectivity index (χ2n) is 6.03. The van der Waals surface area contributed by atoms with E-state index in [1.165, 1.54) is 6.20 Å². The van der Waals surface area contributed by atoms with Gasteiger partial charge in [0.1, 0.15) is 11.6 Å². The fraction of sp³-hybridized carbons (Fsp3) is 0.316. The first-order valence-electron chi connectivity index (χ1n) is 8.56. The first-order chi connectivity index (χ1) is 12.7. The number of hydrogen-bond donors (Lipinski definition) is 2. The number of anilines is 1. The van der Waals surface area contributed by atoms with Crippen LogP contribution in [0, 0.1) is 5.92 Å². The zero-order valence-electron chi connectivity index (χ0n) is 14.3. The number of hydrogen-bond acceptors (Lipinski definition) is 5. The summed E-state index contributed by atoms with van der Waals surface area (Å²) >= 11 is 0. The van der Waals surface area contributed by atoms with E-state index in [1.54, 1.807) is 36.4 Å². The number of pyridine rings is 1. The Morgan fingerprint density at radius 2 is 1.88 bits per heavy atom. The molecule has 1 saturated heterocycles. The summed E-state index contributed by atoms with van der Waals surface area (Å²) in [6.45, 7) is 2.13. The van der Waals surface area contributed by atoms with Crippen molar-refractivity contribution in [2.45, 2.75) is 12.8 Å². The molecule has 1 fully saturated rings. The summed E-state index contributed by atoms with van der Waals surface area (Å²) in [6.07, 6.45) is 2.72. The first kappa shape index (κ1) is 17.9. The van der Waals surface area contributed by atoms with Gasteiger partial charge in [-0.25, -0.2) is 9.78 Å². The van der Waals surface area contributed by atoms with Gasteiger partial charge in [0.25, 0.3) is 5.91 Å². The lowest BCUT2D eigenvalue weighted by Gasteiger charge is -2.22. The lowest BCUT2D eigenvalue weighted by atomic mass is 10.0. The third-order valence-electron chi connectivity index (χ3n) is 4.10. The van der Waals surface area contributed by atoms with E-state index in [0.29, 0.717) is 29.6 Å². The molecule has 7 heteroatoms. The van der Waals surface area contributed by atoms with Crippen LogP contribution in [-0.2, 0) is 4.74 Å². The van der Waals surface area contributed by atoms with E-state index >= 15 is 0 Å². The van der Waals surface area contributed by atoms with Crippen molar-refractivity contribution in [2.75, 3.05) is 25.1 Å². The number of nitrogens with one attached hydrogen (secondary N) is 2. The molecule has 136 valence electrons. The third-order valence-corrected chi connectivity index (χ3v) is 4.10. The second-order valence-corrected chi connectivity index (χ2v) is 6.03. The van der Waals surface area contributed by atoms with E-state index in [1.807, 2.05) is 6.07 Å². The van der Waals surface area contributed by atoms with Crippen LogP contribution in [0.25, 0.3) is 0 Å². The number of para-hydroxylation sites is 1. The van der Waals surface area contributed by atoms with Crippen LogP contribution in [0.5, 0.6) is 5.75 Å². The summed E-state index contributed by atoms with van der Waals surface area (Å²) in [5, 5.41) is 5.44. The Morgan fingerprint density at radius 3 is 2.58 bits per heavy atom. The quantitative estimate of drug-likeness (QED) is 0.861. The lowest BCUT2D eigenvalue weighted by molar-refractivity contribution is 0.0642. The van der Waals surface area contributed by atoms with E-state index in [-0.39, 0.29) is 5.91 Å². The van der Waals surface area contributed by atoms with Crippen LogP contribution < -0.4 is 15.4 Å². The zero-order valence-corrected chi connectivity index (χ0v) is 14.3. The predicted octanol–water partition coefficient (Wildman–Crippen LogP) is 2.85. The molecule has 1 aliphatic rings. The third kappa shape index (κ3) is 5.29. The number of carbonyl (C=O) groups excluding carboxylic acids is 2. The standard InChI is InChI=1S/C19H21N3O4/c23-18(21-12-14-8-10-25-11-9-14)15-6-7-17(20-13-15)22-19(24)26-16-4-2-1-3-5-16/h1-7,13-14H,8-12H2,(H,21,23)(H,20,22,24). The van der Waals surface area contributed by atoms with Gasteiger partial charge in [-0.2, -0.15) is 0 Å². The van der Waals surface area contributed by atoms with E-state index in [4.69, 9.17) is 9.47 Å². The smallest absolute Gasteiger partial charge is 0.410 e. The van der Waals surface area contributed by atoms with Gasteiger partial charge in [-0.3, -0.25) is 10.1 Å². The minimum absolute atomic E-state index is 0.178. The molecule has 0 radical (unpaired) electrons. The fourth-order valence-corrected chi connectivity index (χ4v) is 2.62. The molecule has 3 rings (SSSR count). The molecule has 0 atom stereocenters. The summed E-state index contributed by atoms with van der Waals surface area (Å²) in [6, 6.07) is 11.9. The van der Waals surface area contributed by atoms with Crippen LogP contribution in [0.2, 0.25) is 0 Å². The van der Waals surface area contributed by atoms with Gasteiger partial charge in [0.2, 0.25) is 0 Å². The molecule has 0 spiro atoms. The lowest BCUT2D eigenvalue weighted by Crippen LogP contribution is -2.32. The molecule has 0 bridgehead atoms. The number of amides is 2. The maximum Gasteiger partial charge on any atom is 0.418 e. The van der Waals surface area contributed by atoms with Crippen molar-refractivity contribution >= 4 is 17.8 Å². The van der Waals surface area contributed by atoms with Crippen molar-refractivity contribution in [1.82, 2.24) is 10.3 Å². The molecular formula is C19H21N3O4. The molecule has 1 aliphatic heterocycles. The number of ether oxygens (including phenoxy) is 2. The number of benzene rings is 1. The predicted molar refractivity (Wildman–Crippen MR) is 96.2 cm³/mol. The number of rotatable bonds is 5. The average molecular weight is 355 g/mol. The van der Waals surface area contributed by atoms with Crippen LogP contribution in [0.4, 0.5) is 10.6 Å². The van der Waals surface area contributed by atoms with Crippen molar-refractivity contribution in [3.05, 3.63) is 54.2 Å². The minimum atomic E-state index is -0.639. The van der Waals surface area contributed by atoms with Gasteiger partial charge in [0.05, 0.1) is 5.56 Å². The van der Waals surface area contributed by atoms with E-state index in [0.717, 1.165) is 26.1 Å². The van der Waals surface area contributed by atoms with Crippen LogP contribution in [0.1, 0.15) is 23.2 Å². The van der Waals surface area contributed by atoms with Gasteiger partial charge in [-0.15, -0.1) is 0 Å². The summed E-state index contributed by atoms with van der Waals surface area (Å²) in [5.74, 6) is 1.03. The molecule has 26 heavy (non-hydrogen) atoms. The van der Waals surface area contributed by atoms with Gasteiger partial charge in [-0.05, 0) is 43.0 Å². The Labute approximate surface area is 151 Å². The van der Waals surface area contributed by atoms with Crippen LogP contribution in [-0.4, -0.2) is 36.7 Å². The Kier molecular flexibility index (Phi) is 6.16. The maximum absolute atomic E-state index is 12.2. The van der Waals surface area contributed by atoms with Gasteiger partial charge in [-0.1, -0.05) is 18.2 Å². The van der Waals surface area contributed by atoms with Crippen molar-refractivity contribution in [3.8, 4) is 5.75 Å². The van der Waals surface area contributed by atoms with Crippen LogP contribution in [0.3, 0.4) is 0 Å². The maximum atomic E-state index is 12.2. The first-order valence-corrected chi connectivity index (χ1v) is 8.56. The second kappa shape index (κ2) is 8.96. The van der Waals surface area contributed by atoms with Crippen molar-refractivity contribution in [3.63, 3.8) is 0 Å². The highest BCUT2D eigenvalue weighted by Gasteiger charge is 2.15. The molecule has 7 nitrogen and oxygen atoms in total. The molecule has 0 saturated carbocycles. The summed E-state index contributed by atoms with van der Waals surface area (Å²) < 4.78 is 10.4.